The molecule has 0 aliphatic heterocycles. The lowest BCUT2D eigenvalue weighted by atomic mass is 10.2. The predicted octanol–water partition coefficient (Wildman–Crippen LogP) is 4.44. The molecule has 0 saturated carbocycles. The van der Waals surface area contributed by atoms with Crippen molar-refractivity contribution in [3.05, 3.63) is 54.1 Å². The highest BCUT2D eigenvalue weighted by atomic mass is 32.2. The van der Waals surface area contributed by atoms with E-state index in [-0.39, 0.29) is 11.9 Å². The molecule has 0 spiro atoms. The summed E-state index contributed by atoms with van der Waals surface area (Å²) in [7, 11) is 1.97. The van der Waals surface area contributed by atoms with Crippen LogP contribution in [0.2, 0.25) is 0 Å². The number of likely N-dealkylation sites (N-methyl/N-ethyl adjacent to an activating group) is 1. The van der Waals surface area contributed by atoms with Crippen molar-refractivity contribution in [1.82, 2.24) is 4.90 Å². The van der Waals surface area contributed by atoms with Crippen LogP contribution >= 0.6 is 11.8 Å². The van der Waals surface area contributed by atoms with E-state index in [1.165, 1.54) is 0 Å². The molecule has 1 unspecified atom stereocenters. The molecule has 140 valence electrons. The number of thioether (sulfide) groups is 1. The lowest BCUT2D eigenvalue weighted by Gasteiger charge is -2.24. The summed E-state index contributed by atoms with van der Waals surface area (Å²) in [5.74, 6) is 0.934. The Morgan fingerprint density at radius 2 is 1.88 bits per heavy atom. The molecule has 1 N–H and O–H groups in total. The summed E-state index contributed by atoms with van der Waals surface area (Å²) in [5.41, 5.74) is 2.01. The van der Waals surface area contributed by atoms with Crippen LogP contribution in [0.25, 0.3) is 0 Å². The molecule has 0 aromatic heterocycles. The number of rotatable bonds is 9. The Morgan fingerprint density at radius 3 is 2.62 bits per heavy atom. The molecule has 0 heterocycles. The number of aryl methyl sites for hydroxylation is 1. The van der Waals surface area contributed by atoms with E-state index in [0.717, 1.165) is 34.9 Å². The first kappa shape index (κ1) is 20.3. The first-order valence-electron chi connectivity index (χ1n) is 8.85. The molecular weight excluding hydrogens is 344 g/mol. The van der Waals surface area contributed by atoms with E-state index in [0.29, 0.717) is 6.61 Å². The van der Waals surface area contributed by atoms with E-state index >= 15 is 0 Å². The highest BCUT2D eigenvalue weighted by Gasteiger charge is 2.18. The Balaban J connectivity index is 1.78. The van der Waals surface area contributed by atoms with Gasteiger partial charge in [-0.2, -0.15) is 0 Å². The van der Waals surface area contributed by atoms with Crippen LogP contribution in [-0.2, 0) is 4.79 Å². The van der Waals surface area contributed by atoms with Gasteiger partial charge in [0.25, 0.3) is 0 Å². The molecule has 0 fully saturated rings. The van der Waals surface area contributed by atoms with Crippen molar-refractivity contribution in [3.8, 4) is 5.75 Å². The lowest BCUT2D eigenvalue weighted by Crippen LogP contribution is -2.40. The number of ether oxygens (including phenoxy) is 1. The molecule has 1 amide bonds. The van der Waals surface area contributed by atoms with E-state index in [1.54, 1.807) is 11.8 Å². The summed E-state index contributed by atoms with van der Waals surface area (Å²) in [6.07, 6.45) is 2.87. The molecule has 0 bridgehead atoms. The van der Waals surface area contributed by atoms with Crippen LogP contribution in [0.1, 0.15) is 18.9 Å². The highest BCUT2D eigenvalue weighted by molar-refractivity contribution is 7.98. The molecule has 2 aromatic carbocycles. The number of para-hydroxylation sites is 2. The first-order chi connectivity index (χ1) is 12.5. The molecule has 5 heteroatoms. The fourth-order valence-corrected chi connectivity index (χ4v) is 3.15. The fraction of sp³-hybridized carbons (Fsp3) is 0.381. The first-order valence-corrected chi connectivity index (χ1v) is 10.1. The van der Waals surface area contributed by atoms with Crippen LogP contribution < -0.4 is 10.1 Å². The highest BCUT2D eigenvalue weighted by Crippen LogP contribution is 2.24. The second-order valence-electron chi connectivity index (χ2n) is 6.31. The Hall–Kier alpha value is -1.98. The SMILES string of the molecule is CSc1ccccc1NC(=O)C(C)N(C)CCCOc1ccccc1C. The fourth-order valence-electron chi connectivity index (χ4n) is 2.59. The number of benzene rings is 2. The van der Waals surface area contributed by atoms with Gasteiger partial charge in [0.15, 0.2) is 0 Å². The van der Waals surface area contributed by atoms with E-state index in [2.05, 4.69) is 10.2 Å². The van der Waals surface area contributed by atoms with Crippen LogP contribution in [0, 0.1) is 6.92 Å². The monoisotopic (exact) mass is 372 g/mol. The molecule has 0 aliphatic rings. The lowest BCUT2D eigenvalue weighted by molar-refractivity contribution is -0.120. The Bertz CT molecular complexity index is 721. The molecule has 2 rings (SSSR count). The van der Waals surface area contributed by atoms with Crippen molar-refractivity contribution in [2.45, 2.75) is 31.2 Å². The minimum Gasteiger partial charge on any atom is -0.493 e. The molecule has 1 atom stereocenters. The number of carbonyl (C=O) groups is 1. The second-order valence-corrected chi connectivity index (χ2v) is 7.16. The Labute approximate surface area is 160 Å². The summed E-state index contributed by atoms with van der Waals surface area (Å²) in [6, 6.07) is 15.7. The van der Waals surface area contributed by atoms with Gasteiger partial charge in [-0.05, 0) is 57.3 Å². The van der Waals surface area contributed by atoms with Gasteiger partial charge in [0, 0.05) is 11.4 Å². The number of carbonyl (C=O) groups excluding carboxylic acids is 1. The van der Waals surface area contributed by atoms with Crippen molar-refractivity contribution in [2.75, 3.05) is 31.8 Å². The quantitative estimate of drug-likeness (QED) is 0.522. The topological polar surface area (TPSA) is 41.6 Å². The van der Waals surface area contributed by atoms with Gasteiger partial charge in [-0.15, -0.1) is 11.8 Å². The van der Waals surface area contributed by atoms with E-state index in [4.69, 9.17) is 4.74 Å². The van der Waals surface area contributed by atoms with Gasteiger partial charge in [0.1, 0.15) is 5.75 Å². The number of nitrogens with one attached hydrogen (secondary N) is 1. The van der Waals surface area contributed by atoms with Crippen molar-refractivity contribution in [1.29, 1.82) is 0 Å². The van der Waals surface area contributed by atoms with Gasteiger partial charge in [-0.1, -0.05) is 30.3 Å². The molecule has 4 nitrogen and oxygen atoms in total. The third-order valence-corrected chi connectivity index (χ3v) is 5.21. The molecular formula is C21H28N2O2S. The van der Waals surface area contributed by atoms with E-state index in [9.17, 15) is 4.79 Å². The maximum Gasteiger partial charge on any atom is 0.241 e. The molecule has 0 aliphatic carbocycles. The minimum atomic E-state index is -0.205. The number of amides is 1. The third-order valence-electron chi connectivity index (χ3n) is 4.41. The average molecular weight is 373 g/mol. The average Bonchev–Trinajstić information content (AvgIpc) is 2.66. The minimum absolute atomic E-state index is 0.00817. The summed E-state index contributed by atoms with van der Waals surface area (Å²) in [6.45, 7) is 5.41. The standard InChI is InChI=1S/C21H28N2O2S/c1-16-10-5-7-12-19(16)25-15-9-14-23(3)17(2)21(24)22-18-11-6-8-13-20(18)26-4/h5-8,10-13,17H,9,14-15H2,1-4H3,(H,22,24). The van der Waals surface area contributed by atoms with Gasteiger partial charge < -0.3 is 10.1 Å². The molecule has 2 aromatic rings. The maximum absolute atomic E-state index is 12.5. The van der Waals surface area contributed by atoms with E-state index < -0.39 is 0 Å². The summed E-state index contributed by atoms with van der Waals surface area (Å²) in [4.78, 5) is 15.7. The number of nitrogens with zero attached hydrogens (tertiary/aromatic N) is 1. The van der Waals surface area contributed by atoms with Crippen LogP contribution in [-0.4, -0.2) is 43.3 Å². The zero-order chi connectivity index (χ0) is 18.9. The van der Waals surface area contributed by atoms with Gasteiger partial charge >= 0.3 is 0 Å². The van der Waals surface area contributed by atoms with Crippen molar-refractivity contribution < 1.29 is 9.53 Å². The van der Waals surface area contributed by atoms with Gasteiger partial charge in [0.05, 0.1) is 18.3 Å². The third kappa shape index (κ3) is 5.78. The number of hydrogen-bond acceptors (Lipinski definition) is 4. The van der Waals surface area contributed by atoms with Gasteiger partial charge in [-0.25, -0.2) is 0 Å². The normalized spacial score (nSPS) is 12.0. The maximum atomic E-state index is 12.5. The summed E-state index contributed by atoms with van der Waals surface area (Å²) in [5, 5.41) is 3.03. The summed E-state index contributed by atoms with van der Waals surface area (Å²) >= 11 is 1.63. The van der Waals surface area contributed by atoms with Crippen LogP contribution in [0.4, 0.5) is 5.69 Å². The van der Waals surface area contributed by atoms with Crippen molar-refractivity contribution in [2.24, 2.45) is 0 Å². The number of anilines is 1. The molecule has 0 radical (unpaired) electrons. The largest absolute Gasteiger partial charge is 0.493 e. The van der Waals surface area contributed by atoms with Crippen LogP contribution in [0.15, 0.2) is 53.4 Å². The van der Waals surface area contributed by atoms with Crippen LogP contribution in [0.3, 0.4) is 0 Å². The zero-order valence-electron chi connectivity index (χ0n) is 16.0. The zero-order valence-corrected chi connectivity index (χ0v) is 16.8. The second kappa shape index (κ2) is 10.2. The Morgan fingerprint density at radius 1 is 1.19 bits per heavy atom. The smallest absolute Gasteiger partial charge is 0.241 e. The number of hydrogen-bond donors (Lipinski definition) is 1. The molecule has 26 heavy (non-hydrogen) atoms. The van der Waals surface area contributed by atoms with Gasteiger partial charge in [-0.3, -0.25) is 9.69 Å². The Kier molecular flexibility index (Phi) is 8.01. The van der Waals surface area contributed by atoms with Gasteiger partial charge in [0.2, 0.25) is 5.91 Å². The van der Waals surface area contributed by atoms with Crippen molar-refractivity contribution in [3.63, 3.8) is 0 Å². The van der Waals surface area contributed by atoms with Crippen LogP contribution in [0.5, 0.6) is 5.75 Å². The van der Waals surface area contributed by atoms with E-state index in [1.807, 2.05) is 75.7 Å². The summed E-state index contributed by atoms with van der Waals surface area (Å²) < 4.78 is 5.82. The molecule has 0 saturated heterocycles. The van der Waals surface area contributed by atoms with Crippen molar-refractivity contribution >= 4 is 23.4 Å². The predicted molar refractivity (Wildman–Crippen MR) is 110 cm³/mol.